The minimum absolute atomic E-state index is 0.720. The molecule has 0 radical (unpaired) electrons. The summed E-state index contributed by atoms with van der Waals surface area (Å²) >= 11 is 3.45. The Kier molecular flexibility index (Phi) is 3.64. The fourth-order valence-electron chi connectivity index (χ4n) is 1.50. The summed E-state index contributed by atoms with van der Waals surface area (Å²) < 4.78 is 1.08. The Morgan fingerprint density at radius 3 is 2.88 bits per heavy atom. The molecule has 1 aromatic carbocycles. The number of hydrogen-bond donors (Lipinski definition) is 2. The third-order valence-electron chi connectivity index (χ3n) is 2.51. The lowest BCUT2D eigenvalue weighted by Crippen LogP contribution is -2.02. The molecule has 1 aromatic heterocycles. The van der Waals surface area contributed by atoms with Gasteiger partial charge in [-0.15, -0.1) is 0 Å². The SMILES string of the molecule is Cc1cc(NCc2cccc(Br)c2)ncc1N. The van der Waals surface area contributed by atoms with Crippen molar-refractivity contribution in [2.24, 2.45) is 0 Å². The van der Waals surface area contributed by atoms with Crippen molar-refractivity contribution in [1.29, 1.82) is 0 Å². The maximum atomic E-state index is 5.72. The fourth-order valence-corrected chi connectivity index (χ4v) is 1.95. The van der Waals surface area contributed by atoms with Gasteiger partial charge in [0.15, 0.2) is 0 Å². The topological polar surface area (TPSA) is 50.9 Å². The first kappa shape index (κ1) is 11.9. The normalized spacial score (nSPS) is 10.2. The van der Waals surface area contributed by atoms with E-state index >= 15 is 0 Å². The lowest BCUT2D eigenvalue weighted by atomic mass is 10.2. The third kappa shape index (κ3) is 3.20. The molecule has 0 fully saturated rings. The zero-order chi connectivity index (χ0) is 12.3. The van der Waals surface area contributed by atoms with E-state index in [1.807, 2.05) is 25.1 Å². The second-order valence-corrected chi connectivity index (χ2v) is 4.83. The van der Waals surface area contributed by atoms with Crippen LogP contribution in [0, 0.1) is 6.92 Å². The Labute approximate surface area is 109 Å². The van der Waals surface area contributed by atoms with Gasteiger partial charge in [-0.25, -0.2) is 4.98 Å². The van der Waals surface area contributed by atoms with Crippen molar-refractivity contribution in [3.8, 4) is 0 Å². The highest BCUT2D eigenvalue weighted by Crippen LogP contribution is 2.15. The molecule has 2 aromatic rings. The monoisotopic (exact) mass is 291 g/mol. The summed E-state index contributed by atoms with van der Waals surface area (Å²) in [6.45, 7) is 2.72. The minimum atomic E-state index is 0.720. The number of aryl methyl sites for hydroxylation is 1. The molecule has 0 saturated carbocycles. The quantitative estimate of drug-likeness (QED) is 0.912. The molecule has 0 aliphatic rings. The second kappa shape index (κ2) is 5.19. The molecule has 3 N–H and O–H groups in total. The standard InChI is InChI=1S/C13H14BrN3/c1-9-5-13(17-8-12(9)15)16-7-10-3-2-4-11(14)6-10/h2-6,8H,7,15H2,1H3,(H,16,17). The number of rotatable bonds is 3. The first-order valence-electron chi connectivity index (χ1n) is 5.35. The van der Waals surface area contributed by atoms with E-state index in [9.17, 15) is 0 Å². The first-order chi connectivity index (χ1) is 8.15. The number of pyridine rings is 1. The van der Waals surface area contributed by atoms with Crippen LogP contribution in [0.2, 0.25) is 0 Å². The summed E-state index contributed by atoms with van der Waals surface area (Å²) in [5.41, 5.74) is 8.68. The Morgan fingerprint density at radius 2 is 2.18 bits per heavy atom. The Hall–Kier alpha value is -1.55. The van der Waals surface area contributed by atoms with Crippen LogP contribution in [-0.4, -0.2) is 4.98 Å². The van der Waals surface area contributed by atoms with Crippen LogP contribution in [0.4, 0.5) is 11.5 Å². The third-order valence-corrected chi connectivity index (χ3v) is 3.01. The van der Waals surface area contributed by atoms with E-state index in [-0.39, 0.29) is 0 Å². The van der Waals surface area contributed by atoms with Crippen LogP contribution in [0.1, 0.15) is 11.1 Å². The summed E-state index contributed by atoms with van der Waals surface area (Å²) in [7, 11) is 0. The fraction of sp³-hybridized carbons (Fsp3) is 0.154. The summed E-state index contributed by atoms with van der Waals surface area (Å²) in [6, 6.07) is 10.1. The number of nitrogens with zero attached hydrogens (tertiary/aromatic N) is 1. The number of aromatic nitrogens is 1. The molecule has 1 heterocycles. The van der Waals surface area contributed by atoms with Crippen LogP contribution in [0.15, 0.2) is 41.0 Å². The zero-order valence-electron chi connectivity index (χ0n) is 9.57. The molecule has 0 amide bonds. The number of halogens is 1. The van der Waals surface area contributed by atoms with Crippen LogP contribution in [-0.2, 0) is 6.54 Å². The van der Waals surface area contributed by atoms with Gasteiger partial charge in [0.2, 0.25) is 0 Å². The highest BCUT2D eigenvalue weighted by molar-refractivity contribution is 9.10. The predicted octanol–water partition coefficient (Wildman–Crippen LogP) is 3.35. The number of anilines is 2. The van der Waals surface area contributed by atoms with Gasteiger partial charge in [-0.1, -0.05) is 28.1 Å². The maximum absolute atomic E-state index is 5.72. The Morgan fingerprint density at radius 1 is 1.35 bits per heavy atom. The van der Waals surface area contributed by atoms with E-state index < -0.39 is 0 Å². The smallest absolute Gasteiger partial charge is 0.126 e. The van der Waals surface area contributed by atoms with Gasteiger partial charge in [0, 0.05) is 11.0 Å². The van der Waals surface area contributed by atoms with Crippen molar-refractivity contribution < 1.29 is 0 Å². The molecule has 0 aliphatic heterocycles. The molecule has 2 rings (SSSR count). The molecule has 3 nitrogen and oxygen atoms in total. The van der Waals surface area contributed by atoms with Gasteiger partial charge in [-0.3, -0.25) is 0 Å². The summed E-state index contributed by atoms with van der Waals surface area (Å²) in [5.74, 6) is 0.844. The molecular formula is C13H14BrN3. The highest BCUT2D eigenvalue weighted by Gasteiger charge is 1.99. The van der Waals surface area contributed by atoms with Crippen molar-refractivity contribution in [1.82, 2.24) is 4.98 Å². The van der Waals surface area contributed by atoms with Gasteiger partial charge in [0.1, 0.15) is 5.82 Å². The van der Waals surface area contributed by atoms with E-state index in [0.29, 0.717) is 0 Å². The van der Waals surface area contributed by atoms with Gasteiger partial charge in [-0.05, 0) is 36.2 Å². The van der Waals surface area contributed by atoms with E-state index in [0.717, 1.165) is 28.1 Å². The molecule has 0 spiro atoms. The minimum Gasteiger partial charge on any atom is -0.397 e. The van der Waals surface area contributed by atoms with E-state index in [1.165, 1.54) is 5.56 Å². The predicted molar refractivity (Wildman–Crippen MR) is 74.9 cm³/mol. The Bertz CT molecular complexity index is 526. The first-order valence-corrected chi connectivity index (χ1v) is 6.15. The van der Waals surface area contributed by atoms with Crippen molar-refractivity contribution in [3.63, 3.8) is 0 Å². The molecule has 0 aliphatic carbocycles. The van der Waals surface area contributed by atoms with E-state index in [1.54, 1.807) is 6.20 Å². The number of hydrogen-bond acceptors (Lipinski definition) is 3. The molecule has 0 unspecified atom stereocenters. The van der Waals surface area contributed by atoms with Crippen molar-refractivity contribution in [2.45, 2.75) is 13.5 Å². The van der Waals surface area contributed by atoms with Gasteiger partial charge in [0.05, 0.1) is 11.9 Å². The number of nitrogens with one attached hydrogen (secondary N) is 1. The van der Waals surface area contributed by atoms with Crippen LogP contribution in [0.5, 0.6) is 0 Å². The van der Waals surface area contributed by atoms with Crippen LogP contribution < -0.4 is 11.1 Å². The maximum Gasteiger partial charge on any atom is 0.126 e. The van der Waals surface area contributed by atoms with Gasteiger partial charge < -0.3 is 11.1 Å². The van der Waals surface area contributed by atoms with Gasteiger partial charge in [-0.2, -0.15) is 0 Å². The largest absolute Gasteiger partial charge is 0.397 e. The summed E-state index contributed by atoms with van der Waals surface area (Å²) in [5, 5.41) is 3.27. The van der Waals surface area contributed by atoms with Gasteiger partial charge >= 0.3 is 0 Å². The molecular weight excluding hydrogens is 278 g/mol. The van der Waals surface area contributed by atoms with Crippen molar-refractivity contribution >= 4 is 27.4 Å². The molecule has 0 bridgehead atoms. The van der Waals surface area contributed by atoms with Crippen LogP contribution in [0.3, 0.4) is 0 Å². The van der Waals surface area contributed by atoms with Crippen LogP contribution >= 0.6 is 15.9 Å². The average Bonchev–Trinajstić information content (AvgIpc) is 2.31. The number of benzene rings is 1. The zero-order valence-corrected chi connectivity index (χ0v) is 11.2. The number of nitrogen functional groups attached to an aromatic ring is 1. The Balaban J connectivity index is 2.05. The average molecular weight is 292 g/mol. The van der Waals surface area contributed by atoms with Crippen molar-refractivity contribution in [2.75, 3.05) is 11.1 Å². The summed E-state index contributed by atoms with van der Waals surface area (Å²) in [6.07, 6.45) is 1.68. The molecule has 17 heavy (non-hydrogen) atoms. The second-order valence-electron chi connectivity index (χ2n) is 3.91. The molecule has 88 valence electrons. The van der Waals surface area contributed by atoms with E-state index in [2.05, 4.69) is 38.4 Å². The lowest BCUT2D eigenvalue weighted by molar-refractivity contribution is 1.10. The van der Waals surface area contributed by atoms with Gasteiger partial charge in [0.25, 0.3) is 0 Å². The molecule has 0 atom stereocenters. The van der Waals surface area contributed by atoms with Crippen molar-refractivity contribution in [3.05, 3.63) is 52.1 Å². The van der Waals surface area contributed by atoms with Crippen LogP contribution in [0.25, 0.3) is 0 Å². The highest BCUT2D eigenvalue weighted by atomic mass is 79.9. The number of nitrogens with two attached hydrogens (primary N) is 1. The molecule has 4 heteroatoms. The lowest BCUT2D eigenvalue weighted by Gasteiger charge is -2.07. The summed E-state index contributed by atoms with van der Waals surface area (Å²) in [4.78, 5) is 4.23. The van der Waals surface area contributed by atoms with E-state index in [4.69, 9.17) is 5.73 Å². The molecule has 0 saturated heterocycles.